The second-order valence-electron chi connectivity index (χ2n) is 3.99. The van der Waals surface area contributed by atoms with Crippen LogP contribution < -0.4 is 5.32 Å². The first-order valence-electron chi connectivity index (χ1n) is 5.28. The summed E-state index contributed by atoms with van der Waals surface area (Å²) in [4.78, 5) is 13.0. The van der Waals surface area contributed by atoms with Crippen LogP contribution in [0.3, 0.4) is 0 Å². The number of rotatable bonds is 4. The summed E-state index contributed by atoms with van der Waals surface area (Å²) in [5.41, 5.74) is -0.371. The summed E-state index contributed by atoms with van der Waals surface area (Å²) >= 11 is 7.41. The van der Waals surface area contributed by atoms with E-state index in [1.54, 1.807) is 0 Å². The van der Waals surface area contributed by atoms with E-state index in [4.69, 9.17) is 16.3 Å². The van der Waals surface area contributed by atoms with E-state index in [1.165, 1.54) is 11.3 Å². The topological polar surface area (TPSA) is 38.3 Å². The maximum atomic E-state index is 11.9. The lowest BCUT2D eigenvalue weighted by Crippen LogP contribution is -2.59. The van der Waals surface area contributed by atoms with Gasteiger partial charge in [-0.1, -0.05) is 11.6 Å². The van der Waals surface area contributed by atoms with Gasteiger partial charge < -0.3 is 10.1 Å². The summed E-state index contributed by atoms with van der Waals surface area (Å²) in [6.07, 6.45) is 0.718. The van der Waals surface area contributed by atoms with Crippen molar-refractivity contribution in [2.24, 2.45) is 5.41 Å². The number of hydrogen-bond donors (Lipinski definition) is 1. The number of hydrogen-bond acceptors (Lipinski definition) is 4. The molecule has 1 aliphatic heterocycles. The quantitative estimate of drug-likeness (QED) is 0.842. The van der Waals surface area contributed by atoms with Gasteiger partial charge in [0, 0.05) is 24.4 Å². The summed E-state index contributed by atoms with van der Waals surface area (Å²) in [5.74, 6) is -0.0988. The number of thiophene rings is 1. The summed E-state index contributed by atoms with van der Waals surface area (Å²) in [6.45, 7) is 3.66. The van der Waals surface area contributed by atoms with Crippen molar-refractivity contribution < 1.29 is 9.53 Å². The fourth-order valence-corrected chi connectivity index (χ4v) is 3.06. The molecular formula is C11H14ClNO2S. The van der Waals surface area contributed by atoms with Crippen molar-refractivity contribution in [3.8, 4) is 0 Å². The van der Waals surface area contributed by atoms with Crippen LogP contribution in [0.15, 0.2) is 12.1 Å². The molecule has 1 aromatic rings. The summed E-state index contributed by atoms with van der Waals surface area (Å²) in [5, 5.41) is 3.14. The third-order valence-corrected chi connectivity index (χ3v) is 4.01. The van der Waals surface area contributed by atoms with Gasteiger partial charge in [-0.3, -0.25) is 4.79 Å². The molecule has 0 bridgehead atoms. The Labute approximate surface area is 104 Å². The molecule has 0 spiro atoms. The molecule has 0 saturated carbocycles. The van der Waals surface area contributed by atoms with Gasteiger partial charge in [0.2, 0.25) is 0 Å². The van der Waals surface area contributed by atoms with Crippen LogP contribution in [0.5, 0.6) is 0 Å². The predicted molar refractivity (Wildman–Crippen MR) is 65.0 cm³/mol. The van der Waals surface area contributed by atoms with Crippen LogP contribution >= 0.6 is 22.9 Å². The Kier molecular flexibility index (Phi) is 3.52. The molecule has 5 heteroatoms. The predicted octanol–water partition coefficient (Wildman–Crippen LogP) is 2.10. The Balaban J connectivity index is 2.07. The monoisotopic (exact) mass is 259 g/mol. The maximum absolute atomic E-state index is 11.9. The lowest BCUT2D eigenvalue weighted by atomic mass is 9.78. The summed E-state index contributed by atoms with van der Waals surface area (Å²) < 4.78 is 5.89. The molecule has 1 saturated heterocycles. The molecule has 16 heavy (non-hydrogen) atoms. The first-order chi connectivity index (χ1) is 7.66. The van der Waals surface area contributed by atoms with Gasteiger partial charge in [0.15, 0.2) is 0 Å². The minimum Gasteiger partial charge on any atom is -0.465 e. The molecule has 2 rings (SSSR count). The maximum Gasteiger partial charge on any atom is 0.315 e. The van der Waals surface area contributed by atoms with E-state index >= 15 is 0 Å². The fraction of sp³-hybridized carbons (Fsp3) is 0.545. The van der Waals surface area contributed by atoms with E-state index in [9.17, 15) is 4.79 Å². The van der Waals surface area contributed by atoms with Gasteiger partial charge in [-0.2, -0.15) is 0 Å². The van der Waals surface area contributed by atoms with E-state index in [0.717, 1.165) is 15.6 Å². The molecule has 0 radical (unpaired) electrons. The fourth-order valence-electron chi connectivity index (χ4n) is 1.83. The van der Waals surface area contributed by atoms with Crippen molar-refractivity contribution in [1.29, 1.82) is 0 Å². The van der Waals surface area contributed by atoms with Crippen molar-refractivity contribution in [2.45, 2.75) is 13.3 Å². The number of carbonyl (C=O) groups excluding carboxylic acids is 1. The molecule has 1 fully saturated rings. The molecule has 1 aliphatic rings. The average molecular weight is 260 g/mol. The highest BCUT2D eigenvalue weighted by atomic mass is 35.5. The van der Waals surface area contributed by atoms with Crippen molar-refractivity contribution in [2.75, 3.05) is 19.7 Å². The largest absolute Gasteiger partial charge is 0.465 e. The highest BCUT2D eigenvalue weighted by molar-refractivity contribution is 7.16. The van der Waals surface area contributed by atoms with Crippen LogP contribution in [0.4, 0.5) is 0 Å². The van der Waals surface area contributed by atoms with E-state index in [2.05, 4.69) is 5.32 Å². The zero-order valence-corrected chi connectivity index (χ0v) is 10.7. The van der Waals surface area contributed by atoms with Crippen LogP contribution in [0.2, 0.25) is 4.34 Å². The van der Waals surface area contributed by atoms with E-state index < -0.39 is 0 Å². The molecule has 0 atom stereocenters. The Bertz CT molecular complexity index is 387. The first kappa shape index (κ1) is 11.9. The van der Waals surface area contributed by atoms with Gasteiger partial charge >= 0.3 is 5.97 Å². The van der Waals surface area contributed by atoms with Crippen LogP contribution in [0, 0.1) is 5.41 Å². The van der Waals surface area contributed by atoms with Gasteiger partial charge in [-0.05, 0) is 19.1 Å². The molecule has 3 nitrogen and oxygen atoms in total. The van der Waals surface area contributed by atoms with Crippen molar-refractivity contribution in [3.05, 3.63) is 21.3 Å². The molecule has 0 aliphatic carbocycles. The molecular weight excluding hydrogens is 246 g/mol. The third kappa shape index (κ3) is 2.24. The van der Waals surface area contributed by atoms with Gasteiger partial charge in [0.05, 0.1) is 16.4 Å². The van der Waals surface area contributed by atoms with Crippen LogP contribution in [0.1, 0.15) is 11.8 Å². The Morgan fingerprint density at radius 3 is 2.81 bits per heavy atom. The molecule has 1 aromatic heterocycles. The molecule has 0 amide bonds. The highest BCUT2D eigenvalue weighted by Crippen LogP contribution is 2.33. The molecule has 2 heterocycles. The zero-order chi connectivity index (χ0) is 11.6. The Hall–Kier alpha value is -0.580. The van der Waals surface area contributed by atoms with Crippen LogP contribution in [0.25, 0.3) is 0 Å². The number of ether oxygens (including phenoxy) is 1. The normalized spacial score (nSPS) is 17.9. The number of carbonyl (C=O) groups is 1. The van der Waals surface area contributed by atoms with Gasteiger partial charge in [0.25, 0.3) is 0 Å². The number of nitrogens with one attached hydrogen (secondary N) is 1. The van der Waals surface area contributed by atoms with Crippen LogP contribution in [-0.2, 0) is 16.0 Å². The molecule has 1 N–H and O–H groups in total. The van der Waals surface area contributed by atoms with E-state index in [1.807, 2.05) is 19.1 Å². The zero-order valence-electron chi connectivity index (χ0n) is 9.09. The summed E-state index contributed by atoms with van der Waals surface area (Å²) in [6, 6.07) is 3.85. The first-order valence-corrected chi connectivity index (χ1v) is 6.48. The van der Waals surface area contributed by atoms with Gasteiger partial charge in [-0.25, -0.2) is 0 Å². The molecule has 0 unspecified atom stereocenters. The highest BCUT2D eigenvalue weighted by Gasteiger charge is 2.45. The minimum absolute atomic E-state index is 0.0988. The Morgan fingerprint density at radius 1 is 1.62 bits per heavy atom. The smallest absolute Gasteiger partial charge is 0.315 e. The SMILES string of the molecule is CCOC(=O)C1(Cc2ccc(Cl)s2)CNC1. The van der Waals surface area contributed by atoms with Crippen molar-refractivity contribution >= 4 is 28.9 Å². The average Bonchev–Trinajstić information content (AvgIpc) is 2.58. The third-order valence-electron chi connectivity index (χ3n) is 2.78. The molecule has 0 aromatic carbocycles. The second kappa shape index (κ2) is 4.73. The molecule has 88 valence electrons. The summed E-state index contributed by atoms with van der Waals surface area (Å²) in [7, 11) is 0. The second-order valence-corrected chi connectivity index (χ2v) is 5.79. The lowest BCUT2D eigenvalue weighted by Gasteiger charge is -2.39. The van der Waals surface area contributed by atoms with Crippen LogP contribution in [-0.4, -0.2) is 25.7 Å². The van der Waals surface area contributed by atoms with Crippen molar-refractivity contribution in [3.63, 3.8) is 0 Å². The van der Waals surface area contributed by atoms with Gasteiger partial charge in [-0.15, -0.1) is 11.3 Å². The standard InChI is InChI=1S/C11H14ClNO2S/c1-2-15-10(14)11(6-13-7-11)5-8-3-4-9(12)16-8/h3-4,13H,2,5-7H2,1H3. The van der Waals surface area contributed by atoms with Crippen molar-refractivity contribution in [1.82, 2.24) is 5.32 Å². The minimum atomic E-state index is -0.371. The Morgan fingerprint density at radius 2 is 2.38 bits per heavy atom. The lowest BCUT2D eigenvalue weighted by molar-refractivity contribution is -0.158. The van der Waals surface area contributed by atoms with Gasteiger partial charge in [0.1, 0.15) is 0 Å². The number of halogens is 1. The van der Waals surface area contributed by atoms with E-state index in [-0.39, 0.29) is 11.4 Å². The van der Waals surface area contributed by atoms with E-state index in [0.29, 0.717) is 19.7 Å². The number of esters is 1.